The first-order valence-corrected chi connectivity index (χ1v) is 10.0. The summed E-state index contributed by atoms with van der Waals surface area (Å²) >= 11 is 2.10. The average molecular weight is 471 g/mol. The number of halogens is 1. The van der Waals surface area contributed by atoms with Crippen molar-refractivity contribution in [3.8, 4) is 0 Å². The van der Waals surface area contributed by atoms with Crippen LogP contribution in [-0.4, -0.2) is 60.2 Å². The Morgan fingerprint density at radius 1 is 1.04 bits per heavy atom. The molecule has 3 amide bonds. The van der Waals surface area contributed by atoms with Crippen LogP contribution >= 0.6 is 22.6 Å². The quantitative estimate of drug-likeness (QED) is 0.647. The molecule has 0 aliphatic carbocycles. The monoisotopic (exact) mass is 471 g/mol. The van der Waals surface area contributed by atoms with Gasteiger partial charge in [0.05, 0.1) is 12.1 Å². The lowest BCUT2D eigenvalue weighted by molar-refractivity contribution is -0.139. The van der Waals surface area contributed by atoms with Gasteiger partial charge in [0.15, 0.2) is 0 Å². The fourth-order valence-corrected chi connectivity index (χ4v) is 3.42. The zero-order valence-electron chi connectivity index (χ0n) is 15.3. The second kappa shape index (κ2) is 9.89. The molecule has 1 aromatic carbocycles. The van der Waals surface area contributed by atoms with Gasteiger partial charge in [0.25, 0.3) is 5.91 Å². The van der Waals surface area contributed by atoms with Crippen molar-refractivity contribution in [1.29, 1.82) is 0 Å². The number of amides is 3. The van der Waals surface area contributed by atoms with Crippen molar-refractivity contribution in [2.45, 2.75) is 26.7 Å². The van der Waals surface area contributed by atoms with Crippen LogP contribution in [0.1, 0.15) is 37.0 Å². The number of nitrogens with one attached hydrogen (secondary N) is 1. The van der Waals surface area contributed by atoms with Crippen molar-refractivity contribution in [1.82, 2.24) is 15.1 Å². The molecule has 142 valence electrons. The molecule has 0 unspecified atom stereocenters. The minimum absolute atomic E-state index is 0.0227. The van der Waals surface area contributed by atoms with Crippen LogP contribution in [0.3, 0.4) is 0 Å². The highest BCUT2D eigenvalue weighted by Gasteiger charge is 2.24. The van der Waals surface area contributed by atoms with E-state index in [4.69, 9.17) is 0 Å². The first kappa shape index (κ1) is 20.7. The van der Waals surface area contributed by atoms with Crippen LogP contribution < -0.4 is 5.32 Å². The topological polar surface area (TPSA) is 69.7 Å². The van der Waals surface area contributed by atoms with Gasteiger partial charge >= 0.3 is 0 Å². The van der Waals surface area contributed by atoms with Gasteiger partial charge in [-0.05, 0) is 47.1 Å². The molecule has 0 radical (unpaired) electrons. The molecule has 1 fully saturated rings. The largest absolute Gasteiger partial charge is 0.343 e. The zero-order valence-corrected chi connectivity index (χ0v) is 17.5. The van der Waals surface area contributed by atoms with Crippen molar-refractivity contribution in [3.63, 3.8) is 0 Å². The maximum atomic E-state index is 12.3. The van der Waals surface area contributed by atoms with E-state index in [0.29, 0.717) is 44.1 Å². The molecule has 0 atom stereocenters. The molecule has 2 rings (SSSR count). The van der Waals surface area contributed by atoms with Crippen molar-refractivity contribution >= 4 is 40.3 Å². The third-order valence-corrected chi connectivity index (χ3v) is 5.38. The summed E-state index contributed by atoms with van der Waals surface area (Å²) in [7, 11) is 0. The Balaban J connectivity index is 1.75. The maximum absolute atomic E-state index is 12.3. The van der Waals surface area contributed by atoms with Crippen LogP contribution in [0.4, 0.5) is 0 Å². The highest BCUT2D eigenvalue weighted by atomic mass is 127. The number of benzene rings is 1. The summed E-state index contributed by atoms with van der Waals surface area (Å²) in [6, 6.07) is 7.26. The highest BCUT2D eigenvalue weighted by molar-refractivity contribution is 14.1. The molecule has 1 aromatic rings. The lowest BCUT2D eigenvalue weighted by Crippen LogP contribution is -2.52. The molecule has 6 nitrogen and oxygen atoms in total. The van der Waals surface area contributed by atoms with Crippen LogP contribution in [0.5, 0.6) is 0 Å². The van der Waals surface area contributed by atoms with Crippen LogP contribution in [0.2, 0.25) is 0 Å². The van der Waals surface area contributed by atoms with Gasteiger partial charge in [0.1, 0.15) is 0 Å². The number of rotatable bonds is 6. The number of carbonyl (C=O) groups is 3. The van der Waals surface area contributed by atoms with E-state index >= 15 is 0 Å². The summed E-state index contributed by atoms with van der Waals surface area (Å²) in [5.74, 6) is 0.320. The van der Waals surface area contributed by atoms with E-state index < -0.39 is 0 Å². The van der Waals surface area contributed by atoms with E-state index in [2.05, 4.69) is 41.8 Å². The Hall–Kier alpha value is -1.64. The minimum Gasteiger partial charge on any atom is -0.343 e. The van der Waals surface area contributed by atoms with Crippen molar-refractivity contribution in [3.05, 3.63) is 33.4 Å². The van der Waals surface area contributed by atoms with Crippen molar-refractivity contribution in [2.75, 3.05) is 32.7 Å². The van der Waals surface area contributed by atoms with Crippen LogP contribution in [-0.2, 0) is 9.59 Å². The molecule has 0 aromatic heterocycles. The smallest absolute Gasteiger partial charge is 0.252 e. The van der Waals surface area contributed by atoms with Gasteiger partial charge < -0.3 is 15.1 Å². The molecule has 1 N–H and O–H groups in total. The SMILES string of the molecule is CC(C)CCC(=O)N1CCN(C(=O)CNC(=O)c2ccccc2I)CC1. The van der Waals surface area contributed by atoms with Gasteiger partial charge in [0.2, 0.25) is 11.8 Å². The Bertz CT molecular complexity index is 655. The minimum atomic E-state index is -0.245. The van der Waals surface area contributed by atoms with Gasteiger partial charge in [-0.15, -0.1) is 0 Å². The second-order valence-electron chi connectivity index (χ2n) is 6.86. The standard InChI is InChI=1S/C19H26IN3O3/c1-14(2)7-8-17(24)22-9-11-23(12-10-22)18(25)13-21-19(26)15-5-3-4-6-16(15)20/h3-6,14H,7-13H2,1-2H3,(H,21,26). The summed E-state index contributed by atoms with van der Waals surface area (Å²) in [6.45, 7) is 6.35. The average Bonchev–Trinajstić information content (AvgIpc) is 2.64. The van der Waals surface area contributed by atoms with E-state index in [9.17, 15) is 14.4 Å². The fourth-order valence-electron chi connectivity index (χ4n) is 2.78. The Kier molecular flexibility index (Phi) is 7.86. The van der Waals surface area contributed by atoms with E-state index in [0.717, 1.165) is 9.99 Å². The highest BCUT2D eigenvalue weighted by Crippen LogP contribution is 2.11. The fraction of sp³-hybridized carbons (Fsp3) is 0.526. The maximum Gasteiger partial charge on any atom is 0.252 e. The Morgan fingerprint density at radius 3 is 2.19 bits per heavy atom. The van der Waals surface area contributed by atoms with Crippen LogP contribution in [0, 0.1) is 9.49 Å². The molecule has 0 spiro atoms. The van der Waals surface area contributed by atoms with Crippen LogP contribution in [0.15, 0.2) is 24.3 Å². The van der Waals surface area contributed by atoms with E-state index in [1.807, 2.05) is 17.0 Å². The summed E-state index contributed by atoms with van der Waals surface area (Å²) in [6.07, 6.45) is 1.46. The number of carbonyl (C=O) groups excluding carboxylic acids is 3. The summed E-state index contributed by atoms with van der Waals surface area (Å²) in [4.78, 5) is 40.2. The lowest BCUT2D eigenvalue weighted by Gasteiger charge is -2.35. The van der Waals surface area contributed by atoms with E-state index in [1.54, 1.807) is 17.0 Å². The number of piperazine rings is 1. The predicted molar refractivity (Wildman–Crippen MR) is 109 cm³/mol. The zero-order chi connectivity index (χ0) is 19.1. The summed E-state index contributed by atoms with van der Waals surface area (Å²) in [5.41, 5.74) is 0.571. The third-order valence-electron chi connectivity index (χ3n) is 4.44. The molecule has 7 heteroatoms. The molecule has 0 saturated carbocycles. The number of nitrogens with zero attached hydrogens (tertiary/aromatic N) is 2. The van der Waals surface area contributed by atoms with E-state index in [-0.39, 0.29) is 24.3 Å². The molecule has 1 aliphatic rings. The van der Waals surface area contributed by atoms with E-state index in [1.165, 1.54) is 0 Å². The van der Waals surface area contributed by atoms with Crippen molar-refractivity contribution < 1.29 is 14.4 Å². The lowest BCUT2D eigenvalue weighted by atomic mass is 10.1. The molecule has 1 heterocycles. The van der Waals surface area contributed by atoms with Gasteiger partial charge in [0, 0.05) is 36.2 Å². The summed E-state index contributed by atoms with van der Waals surface area (Å²) < 4.78 is 0.851. The van der Waals surface area contributed by atoms with Gasteiger partial charge in [-0.1, -0.05) is 26.0 Å². The predicted octanol–water partition coefficient (Wildman–Crippen LogP) is 2.13. The normalized spacial score (nSPS) is 14.5. The number of hydrogen-bond donors (Lipinski definition) is 1. The van der Waals surface area contributed by atoms with Crippen molar-refractivity contribution in [2.24, 2.45) is 5.92 Å². The van der Waals surface area contributed by atoms with Gasteiger partial charge in [-0.25, -0.2) is 0 Å². The second-order valence-corrected chi connectivity index (χ2v) is 8.02. The summed E-state index contributed by atoms with van der Waals surface area (Å²) in [5, 5.41) is 2.69. The molecule has 0 bridgehead atoms. The first-order chi connectivity index (χ1) is 12.4. The number of hydrogen-bond acceptors (Lipinski definition) is 3. The van der Waals surface area contributed by atoms with Gasteiger partial charge in [-0.3, -0.25) is 14.4 Å². The van der Waals surface area contributed by atoms with Gasteiger partial charge in [-0.2, -0.15) is 0 Å². The molecule has 1 saturated heterocycles. The molecule has 1 aliphatic heterocycles. The molecule has 26 heavy (non-hydrogen) atoms. The molecular weight excluding hydrogens is 445 g/mol. The Morgan fingerprint density at radius 2 is 1.62 bits per heavy atom. The third kappa shape index (κ3) is 5.96. The molecular formula is C19H26IN3O3. The first-order valence-electron chi connectivity index (χ1n) is 8.96. The Labute approximate surface area is 168 Å². The van der Waals surface area contributed by atoms with Crippen LogP contribution in [0.25, 0.3) is 0 Å².